The van der Waals surface area contributed by atoms with E-state index in [2.05, 4.69) is 0 Å². The molecule has 1 rings (SSSR count). The predicted octanol–water partition coefficient (Wildman–Crippen LogP) is -0.0324. The van der Waals surface area contributed by atoms with E-state index in [9.17, 15) is 0 Å². The summed E-state index contributed by atoms with van der Waals surface area (Å²) in [7, 11) is 0. The van der Waals surface area contributed by atoms with E-state index in [4.69, 9.17) is 16.6 Å². The van der Waals surface area contributed by atoms with Crippen molar-refractivity contribution in [1.29, 1.82) is 0 Å². The summed E-state index contributed by atoms with van der Waals surface area (Å²) in [5.41, 5.74) is 11.6. The minimum absolute atomic E-state index is 0.0865. The number of aliphatic hydroxyl groups excluding tert-OH is 1. The molecule has 0 heterocycles. The highest BCUT2D eigenvalue weighted by Crippen LogP contribution is 2.27. The van der Waals surface area contributed by atoms with Crippen LogP contribution in [0.2, 0.25) is 0 Å². The first kappa shape index (κ1) is 8.97. The summed E-state index contributed by atoms with van der Waals surface area (Å²) in [4.78, 5) is 0. The summed E-state index contributed by atoms with van der Waals surface area (Å²) in [5.74, 6) is 0. The van der Waals surface area contributed by atoms with Crippen molar-refractivity contribution >= 4 is 0 Å². The third-order valence-electron chi connectivity index (χ3n) is 2.72. The smallest absolute Gasteiger partial charge is 0.0449 e. The average molecular weight is 158 g/mol. The molecule has 3 heteroatoms. The molecule has 5 N–H and O–H groups in total. The van der Waals surface area contributed by atoms with E-state index < -0.39 is 0 Å². The molecule has 1 fully saturated rings. The van der Waals surface area contributed by atoms with E-state index in [-0.39, 0.29) is 18.2 Å². The highest BCUT2D eigenvalue weighted by molar-refractivity contribution is 4.96. The van der Waals surface area contributed by atoms with Gasteiger partial charge in [0.15, 0.2) is 0 Å². The van der Waals surface area contributed by atoms with Crippen molar-refractivity contribution < 1.29 is 5.11 Å². The normalized spacial score (nSPS) is 39.0. The molecule has 0 saturated heterocycles. The van der Waals surface area contributed by atoms with Crippen LogP contribution in [-0.2, 0) is 0 Å². The van der Waals surface area contributed by atoms with Gasteiger partial charge in [-0.2, -0.15) is 0 Å². The Labute approximate surface area is 67.8 Å². The van der Waals surface area contributed by atoms with Gasteiger partial charge in [0, 0.05) is 18.2 Å². The summed E-state index contributed by atoms with van der Waals surface area (Å²) in [6, 6.07) is 0.0865. The molecule has 0 aromatic rings. The molecule has 2 unspecified atom stereocenters. The van der Waals surface area contributed by atoms with E-state index in [1.807, 2.05) is 0 Å². The molecule has 0 spiro atoms. The number of nitrogens with two attached hydrogens (primary N) is 2. The maximum atomic E-state index is 8.77. The van der Waals surface area contributed by atoms with Gasteiger partial charge in [0.1, 0.15) is 0 Å². The van der Waals surface area contributed by atoms with Gasteiger partial charge in [0.2, 0.25) is 0 Å². The summed E-state index contributed by atoms with van der Waals surface area (Å²) in [6.07, 6.45) is 4.97. The topological polar surface area (TPSA) is 72.3 Å². The molecular weight excluding hydrogens is 140 g/mol. The fourth-order valence-corrected chi connectivity index (χ4v) is 1.81. The van der Waals surface area contributed by atoms with Gasteiger partial charge in [-0.1, -0.05) is 12.8 Å². The lowest BCUT2D eigenvalue weighted by Gasteiger charge is -2.38. The first-order valence-electron chi connectivity index (χ1n) is 4.34. The summed E-state index contributed by atoms with van der Waals surface area (Å²) < 4.78 is 0. The Morgan fingerprint density at radius 2 is 2.18 bits per heavy atom. The highest BCUT2D eigenvalue weighted by Gasteiger charge is 2.33. The first-order valence-corrected chi connectivity index (χ1v) is 4.34. The van der Waals surface area contributed by atoms with Crippen molar-refractivity contribution in [3.05, 3.63) is 0 Å². The van der Waals surface area contributed by atoms with Gasteiger partial charge in [-0.25, -0.2) is 0 Å². The van der Waals surface area contributed by atoms with Gasteiger partial charge < -0.3 is 16.6 Å². The maximum Gasteiger partial charge on any atom is 0.0449 e. The Hall–Kier alpha value is -0.120. The Balaban J connectivity index is 2.49. The number of hydrogen-bond acceptors (Lipinski definition) is 3. The minimum Gasteiger partial charge on any atom is -0.396 e. The molecule has 66 valence electrons. The van der Waals surface area contributed by atoms with Crippen LogP contribution >= 0.6 is 0 Å². The zero-order chi connectivity index (χ0) is 8.32. The van der Waals surface area contributed by atoms with Crippen LogP contribution in [0.3, 0.4) is 0 Å². The molecule has 0 aromatic carbocycles. The van der Waals surface area contributed by atoms with Crippen molar-refractivity contribution in [2.45, 2.75) is 43.7 Å². The third-order valence-corrected chi connectivity index (χ3v) is 2.72. The second-order valence-corrected chi connectivity index (χ2v) is 3.56. The molecule has 0 amide bonds. The van der Waals surface area contributed by atoms with Crippen LogP contribution in [0, 0.1) is 0 Å². The van der Waals surface area contributed by atoms with Crippen molar-refractivity contribution in [1.82, 2.24) is 0 Å². The molecule has 3 nitrogen and oxygen atoms in total. The quantitative estimate of drug-likeness (QED) is 0.528. The van der Waals surface area contributed by atoms with Gasteiger partial charge in [-0.3, -0.25) is 0 Å². The lowest BCUT2D eigenvalue weighted by molar-refractivity contribution is 0.180. The van der Waals surface area contributed by atoms with Crippen LogP contribution in [0.25, 0.3) is 0 Å². The Bertz CT molecular complexity index is 125. The molecule has 0 bridgehead atoms. The van der Waals surface area contributed by atoms with E-state index in [0.717, 1.165) is 19.3 Å². The van der Waals surface area contributed by atoms with Crippen LogP contribution in [-0.4, -0.2) is 23.3 Å². The molecule has 1 saturated carbocycles. The standard InChI is InChI=1S/C8H18N2O/c9-7-3-1-2-4-8(7,10)5-6-11/h7,11H,1-6,9-10H2. The minimum atomic E-state index is -0.285. The van der Waals surface area contributed by atoms with Crippen LogP contribution in [0.5, 0.6) is 0 Å². The molecule has 2 atom stereocenters. The lowest BCUT2D eigenvalue weighted by atomic mass is 9.77. The Morgan fingerprint density at radius 1 is 1.45 bits per heavy atom. The Morgan fingerprint density at radius 3 is 2.73 bits per heavy atom. The van der Waals surface area contributed by atoms with Crippen molar-refractivity contribution in [2.24, 2.45) is 11.5 Å². The highest BCUT2D eigenvalue weighted by atomic mass is 16.3. The molecule has 1 aliphatic rings. The largest absolute Gasteiger partial charge is 0.396 e. The van der Waals surface area contributed by atoms with Crippen LogP contribution in [0.4, 0.5) is 0 Å². The number of rotatable bonds is 2. The summed E-state index contributed by atoms with van der Waals surface area (Å²) >= 11 is 0. The van der Waals surface area contributed by atoms with Crippen LogP contribution in [0.15, 0.2) is 0 Å². The number of hydrogen-bond donors (Lipinski definition) is 3. The van der Waals surface area contributed by atoms with Gasteiger partial charge in [0.25, 0.3) is 0 Å². The van der Waals surface area contributed by atoms with Crippen LogP contribution in [0.1, 0.15) is 32.1 Å². The van der Waals surface area contributed by atoms with Gasteiger partial charge in [-0.15, -0.1) is 0 Å². The average Bonchev–Trinajstić information content (AvgIpc) is 1.96. The second-order valence-electron chi connectivity index (χ2n) is 3.56. The van der Waals surface area contributed by atoms with Gasteiger partial charge in [-0.05, 0) is 19.3 Å². The molecule has 0 radical (unpaired) electrons. The molecule has 11 heavy (non-hydrogen) atoms. The molecular formula is C8H18N2O. The SMILES string of the molecule is NC1CCCCC1(N)CCO. The molecule has 1 aliphatic carbocycles. The fourth-order valence-electron chi connectivity index (χ4n) is 1.81. The first-order chi connectivity index (χ1) is 5.19. The Kier molecular flexibility index (Phi) is 2.87. The van der Waals surface area contributed by atoms with E-state index in [1.54, 1.807) is 0 Å². The number of aliphatic hydroxyl groups is 1. The lowest BCUT2D eigenvalue weighted by Crippen LogP contribution is -2.57. The maximum absolute atomic E-state index is 8.77. The van der Waals surface area contributed by atoms with Crippen molar-refractivity contribution in [2.75, 3.05) is 6.61 Å². The second kappa shape index (κ2) is 3.52. The van der Waals surface area contributed by atoms with Crippen molar-refractivity contribution in [3.63, 3.8) is 0 Å². The van der Waals surface area contributed by atoms with Gasteiger partial charge in [0.05, 0.1) is 0 Å². The monoisotopic (exact) mass is 158 g/mol. The zero-order valence-electron chi connectivity index (χ0n) is 6.92. The summed E-state index contributed by atoms with van der Waals surface area (Å²) in [5, 5.41) is 8.77. The third kappa shape index (κ3) is 1.92. The van der Waals surface area contributed by atoms with Gasteiger partial charge >= 0.3 is 0 Å². The molecule has 0 aromatic heterocycles. The summed E-state index contributed by atoms with van der Waals surface area (Å²) in [6.45, 7) is 0.157. The fraction of sp³-hybridized carbons (Fsp3) is 1.00. The van der Waals surface area contributed by atoms with E-state index >= 15 is 0 Å². The van der Waals surface area contributed by atoms with Crippen molar-refractivity contribution in [3.8, 4) is 0 Å². The molecule has 0 aliphatic heterocycles. The predicted molar refractivity (Wildman–Crippen MR) is 45.1 cm³/mol. The zero-order valence-corrected chi connectivity index (χ0v) is 6.92. The van der Waals surface area contributed by atoms with E-state index in [1.165, 1.54) is 6.42 Å². The van der Waals surface area contributed by atoms with Crippen LogP contribution < -0.4 is 11.5 Å². The van der Waals surface area contributed by atoms with E-state index in [0.29, 0.717) is 6.42 Å².